The SMILES string of the molecule is COc1ccc(CC(=O)NCCN(C(C)=O)c2ccc(OC)c(Cl)c2)cc1. The molecular formula is C20H23ClN2O4. The number of carbonyl (C=O) groups excluding carboxylic acids is 2. The van der Waals surface area contributed by atoms with Gasteiger partial charge in [-0.15, -0.1) is 0 Å². The normalized spacial score (nSPS) is 10.2. The smallest absolute Gasteiger partial charge is 0.224 e. The molecule has 0 heterocycles. The second kappa shape index (κ2) is 9.83. The highest BCUT2D eigenvalue weighted by Crippen LogP contribution is 2.29. The Balaban J connectivity index is 1.91. The predicted octanol–water partition coefficient (Wildman–Crippen LogP) is 3.07. The molecule has 144 valence electrons. The van der Waals surface area contributed by atoms with Gasteiger partial charge in [0.25, 0.3) is 0 Å². The van der Waals surface area contributed by atoms with Crippen LogP contribution in [0.3, 0.4) is 0 Å². The van der Waals surface area contributed by atoms with Crippen molar-refractivity contribution in [2.45, 2.75) is 13.3 Å². The highest BCUT2D eigenvalue weighted by atomic mass is 35.5. The summed E-state index contributed by atoms with van der Waals surface area (Å²) in [6.07, 6.45) is 0.262. The molecule has 0 spiro atoms. The van der Waals surface area contributed by atoms with Crippen LogP contribution in [0.4, 0.5) is 5.69 Å². The number of hydrogen-bond acceptors (Lipinski definition) is 4. The van der Waals surface area contributed by atoms with Crippen LogP contribution in [0.25, 0.3) is 0 Å². The summed E-state index contributed by atoms with van der Waals surface area (Å²) >= 11 is 6.13. The minimum Gasteiger partial charge on any atom is -0.497 e. The lowest BCUT2D eigenvalue weighted by atomic mass is 10.1. The molecule has 6 nitrogen and oxygen atoms in total. The zero-order chi connectivity index (χ0) is 19.8. The first-order valence-electron chi connectivity index (χ1n) is 8.46. The molecular weight excluding hydrogens is 368 g/mol. The molecule has 0 fully saturated rings. The van der Waals surface area contributed by atoms with Gasteiger partial charge in [-0.2, -0.15) is 0 Å². The fourth-order valence-corrected chi connectivity index (χ4v) is 2.84. The number of carbonyl (C=O) groups is 2. The van der Waals surface area contributed by atoms with E-state index < -0.39 is 0 Å². The van der Waals surface area contributed by atoms with E-state index >= 15 is 0 Å². The van der Waals surface area contributed by atoms with Gasteiger partial charge in [0.05, 0.1) is 25.7 Å². The van der Waals surface area contributed by atoms with Crippen LogP contribution in [-0.2, 0) is 16.0 Å². The van der Waals surface area contributed by atoms with E-state index in [0.29, 0.717) is 29.5 Å². The van der Waals surface area contributed by atoms with E-state index in [-0.39, 0.29) is 18.2 Å². The first-order chi connectivity index (χ1) is 12.9. The molecule has 0 saturated heterocycles. The number of nitrogens with zero attached hydrogens (tertiary/aromatic N) is 1. The zero-order valence-corrected chi connectivity index (χ0v) is 16.4. The van der Waals surface area contributed by atoms with E-state index in [1.807, 2.05) is 24.3 Å². The lowest BCUT2D eigenvalue weighted by molar-refractivity contribution is -0.121. The molecule has 0 atom stereocenters. The third kappa shape index (κ3) is 5.89. The first-order valence-corrected chi connectivity index (χ1v) is 8.83. The maximum absolute atomic E-state index is 12.1. The molecule has 0 saturated carbocycles. The molecule has 0 radical (unpaired) electrons. The Morgan fingerprint density at radius 2 is 1.78 bits per heavy atom. The molecule has 0 bridgehead atoms. The Kier molecular flexibility index (Phi) is 7.49. The molecule has 0 aliphatic carbocycles. The summed E-state index contributed by atoms with van der Waals surface area (Å²) in [4.78, 5) is 25.6. The van der Waals surface area contributed by atoms with E-state index in [1.165, 1.54) is 14.0 Å². The lowest BCUT2D eigenvalue weighted by Gasteiger charge is -2.22. The van der Waals surface area contributed by atoms with Gasteiger partial charge in [0.15, 0.2) is 0 Å². The Bertz CT molecular complexity index is 793. The maximum atomic E-state index is 12.1. The molecule has 2 aromatic rings. The van der Waals surface area contributed by atoms with Crippen molar-refractivity contribution in [3.05, 3.63) is 53.1 Å². The number of nitrogens with one attached hydrogen (secondary N) is 1. The van der Waals surface area contributed by atoms with Crippen LogP contribution >= 0.6 is 11.6 Å². The van der Waals surface area contributed by atoms with Gasteiger partial charge in [-0.05, 0) is 35.9 Å². The van der Waals surface area contributed by atoms with Crippen molar-refractivity contribution in [1.82, 2.24) is 5.32 Å². The molecule has 7 heteroatoms. The van der Waals surface area contributed by atoms with Gasteiger partial charge in [-0.3, -0.25) is 9.59 Å². The van der Waals surface area contributed by atoms with E-state index in [9.17, 15) is 9.59 Å². The number of rotatable bonds is 8. The van der Waals surface area contributed by atoms with Crippen LogP contribution in [0.2, 0.25) is 5.02 Å². The summed E-state index contributed by atoms with van der Waals surface area (Å²) in [7, 11) is 3.13. The van der Waals surface area contributed by atoms with Gasteiger partial charge in [-0.25, -0.2) is 0 Å². The van der Waals surface area contributed by atoms with E-state index in [2.05, 4.69) is 5.32 Å². The standard InChI is InChI=1S/C20H23ClN2O4/c1-14(24)23(16-6-9-19(27-3)18(21)13-16)11-10-22-20(25)12-15-4-7-17(26-2)8-5-15/h4-9,13H,10-12H2,1-3H3,(H,22,25). The molecule has 2 rings (SSSR count). The first kappa shape index (κ1) is 20.6. The number of methoxy groups -OCH3 is 2. The second-order valence-electron chi connectivity index (χ2n) is 5.86. The van der Waals surface area contributed by atoms with E-state index in [4.69, 9.17) is 21.1 Å². The van der Waals surface area contributed by atoms with Crippen LogP contribution < -0.4 is 19.7 Å². The molecule has 0 aromatic heterocycles. The highest BCUT2D eigenvalue weighted by Gasteiger charge is 2.14. The van der Waals surface area contributed by atoms with Crippen molar-refractivity contribution in [3.8, 4) is 11.5 Å². The Labute approximate surface area is 164 Å². The average molecular weight is 391 g/mol. The van der Waals surface area contributed by atoms with Gasteiger partial charge in [0, 0.05) is 25.7 Å². The summed E-state index contributed by atoms with van der Waals surface area (Å²) in [6.45, 7) is 2.14. The van der Waals surface area contributed by atoms with Gasteiger partial charge in [0.2, 0.25) is 11.8 Å². The van der Waals surface area contributed by atoms with Crippen LogP contribution in [0.5, 0.6) is 11.5 Å². The number of amides is 2. The van der Waals surface area contributed by atoms with Gasteiger partial charge < -0.3 is 19.7 Å². The van der Waals surface area contributed by atoms with Crippen molar-refractivity contribution in [1.29, 1.82) is 0 Å². The fourth-order valence-electron chi connectivity index (χ4n) is 2.59. The fraction of sp³-hybridized carbons (Fsp3) is 0.300. The van der Waals surface area contributed by atoms with Crippen LogP contribution in [-0.4, -0.2) is 39.1 Å². The van der Waals surface area contributed by atoms with Crippen LogP contribution in [0.1, 0.15) is 12.5 Å². The van der Waals surface area contributed by atoms with Crippen molar-refractivity contribution in [2.24, 2.45) is 0 Å². The number of hydrogen-bond donors (Lipinski definition) is 1. The zero-order valence-electron chi connectivity index (χ0n) is 15.6. The summed E-state index contributed by atoms with van der Waals surface area (Å²) in [5.41, 5.74) is 1.54. The molecule has 0 aliphatic rings. The van der Waals surface area contributed by atoms with Gasteiger partial charge in [-0.1, -0.05) is 23.7 Å². The highest BCUT2D eigenvalue weighted by molar-refractivity contribution is 6.32. The van der Waals surface area contributed by atoms with E-state index in [0.717, 1.165) is 11.3 Å². The predicted molar refractivity (Wildman–Crippen MR) is 106 cm³/mol. The largest absolute Gasteiger partial charge is 0.497 e. The topological polar surface area (TPSA) is 67.9 Å². The van der Waals surface area contributed by atoms with Crippen LogP contribution in [0, 0.1) is 0 Å². The van der Waals surface area contributed by atoms with Crippen molar-refractivity contribution in [3.63, 3.8) is 0 Å². The Morgan fingerprint density at radius 1 is 1.07 bits per heavy atom. The maximum Gasteiger partial charge on any atom is 0.224 e. The van der Waals surface area contributed by atoms with E-state index in [1.54, 1.807) is 30.2 Å². The number of ether oxygens (including phenoxy) is 2. The molecule has 1 N–H and O–H groups in total. The molecule has 0 aliphatic heterocycles. The summed E-state index contributed by atoms with van der Waals surface area (Å²) < 4.78 is 10.2. The third-order valence-corrected chi connectivity index (χ3v) is 4.30. The number of anilines is 1. The Morgan fingerprint density at radius 3 is 2.33 bits per heavy atom. The minimum absolute atomic E-state index is 0.114. The number of benzene rings is 2. The third-order valence-electron chi connectivity index (χ3n) is 4.01. The molecule has 2 aromatic carbocycles. The monoisotopic (exact) mass is 390 g/mol. The summed E-state index contributed by atoms with van der Waals surface area (Å²) in [5.74, 6) is 1.03. The molecule has 2 amide bonds. The summed E-state index contributed by atoms with van der Waals surface area (Å²) in [6, 6.07) is 12.4. The molecule has 0 unspecified atom stereocenters. The quantitative estimate of drug-likeness (QED) is 0.752. The minimum atomic E-state index is -0.138. The van der Waals surface area contributed by atoms with Crippen LogP contribution in [0.15, 0.2) is 42.5 Å². The lowest BCUT2D eigenvalue weighted by Crippen LogP contribution is -2.38. The second-order valence-corrected chi connectivity index (χ2v) is 6.27. The van der Waals surface area contributed by atoms with Crippen molar-refractivity contribution >= 4 is 29.1 Å². The Hall–Kier alpha value is -2.73. The van der Waals surface area contributed by atoms with Crippen molar-refractivity contribution < 1.29 is 19.1 Å². The van der Waals surface area contributed by atoms with Gasteiger partial charge >= 0.3 is 0 Å². The number of halogens is 1. The van der Waals surface area contributed by atoms with Crippen molar-refractivity contribution in [2.75, 3.05) is 32.2 Å². The average Bonchev–Trinajstić information content (AvgIpc) is 2.65. The summed E-state index contributed by atoms with van der Waals surface area (Å²) in [5, 5.41) is 3.25. The van der Waals surface area contributed by atoms with Gasteiger partial charge in [0.1, 0.15) is 11.5 Å². The molecule has 27 heavy (non-hydrogen) atoms.